The fourth-order valence-electron chi connectivity index (χ4n) is 1.72. The number of nitrogen functional groups attached to an aromatic ring is 1. The van der Waals surface area contributed by atoms with Crippen LogP contribution in [0.1, 0.15) is 11.1 Å². The van der Waals surface area contributed by atoms with Gasteiger partial charge >= 0.3 is 0 Å². The maximum absolute atomic E-state index is 11.8. The van der Waals surface area contributed by atoms with Crippen LogP contribution in [0.25, 0.3) is 6.08 Å². The molecule has 102 valence electrons. The topological polar surface area (TPSA) is 81.1 Å². The number of rotatable bonds is 4. The molecule has 4 heteroatoms. The zero-order valence-electron chi connectivity index (χ0n) is 11.0. The number of hydrogen-bond acceptors (Lipinski definition) is 3. The quantitative estimate of drug-likeness (QED) is 0.587. The minimum atomic E-state index is -0.217. The van der Waals surface area contributed by atoms with Gasteiger partial charge in [0.05, 0.1) is 11.4 Å². The average molecular weight is 267 g/mol. The summed E-state index contributed by atoms with van der Waals surface area (Å²) in [5.74, 6) is -0.217. The van der Waals surface area contributed by atoms with E-state index in [4.69, 9.17) is 11.5 Å². The van der Waals surface area contributed by atoms with Gasteiger partial charge in [-0.3, -0.25) is 4.79 Å². The van der Waals surface area contributed by atoms with Crippen molar-refractivity contribution in [3.05, 3.63) is 65.7 Å². The number of amides is 1. The minimum Gasteiger partial charge on any atom is -0.397 e. The molecule has 0 aliphatic heterocycles. The second-order valence-electron chi connectivity index (χ2n) is 4.36. The van der Waals surface area contributed by atoms with Gasteiger partial charge in [0.25, 0.3) is 0 Å². The van der Waals surface area contributed by atoms with Crippen LogP contribution in [0.3, 0.4) is 0 Å². The van der Waals surface area contributed by atoms with Crippen LogP contribution in [0.5, 0.6) is 0 Å². The molecule has 0 saturated heterocycles. The lowest BCUT2D eigenvalue weighted by Gasteiger charge is -2.05. The van der Waals surface area contributed by atoms with E-state index >= 15 is 0 Å². The molecule has 0 bridgehead atoms. The molecule has 0 heterocycles. The maximum atomic E-state index is 11.8. The number of hydrogen-bond donors (Lipinski definition) is 3. The molecular weight excluding hydrogens is 250 g/mol. The standard InChI is InChI=1S/C16H17N3O/c17-11-13-7-5-12(6-8-13)9-10-16(20)19-15-4-2-1-3-14(15)18/h1-10H,11,17-18H2,(H,19,20)/b10-9+. The fraction of sp³-hybridized carbons (Fsp3) is 0.0625. The average Bonchev–Trinajstić information content (AvgIpc) is 2.48. The van der Waals surface area contributed by atoms with Crippen molar-refractivity contribution in [1.29, 1.82) is 0 Å². The van der Waals surface area contributed by atoms with Crippen molar-refractivity contribution < 1.29 is 4.79 Å². The highest BCUT2D eigenvalue weighted by molar-refractivity contribution is 6.03. The largest absolute Gasteiger partial charge is 0.397 e. The van der Waals surface area contributed by atoms with Crippen molar-refractivity contribution in [2.24, 2.45) is 5.73 Å². The third-order valence-corrected chi connectivity index (χ3v) is 2.86. The van der Waals surface area contributed by atoms with Crippen LogP contribution in [-0.4, -0.2) is 5.91 Å². The number of para-hydroxylation sites is 2. The van der Waals surface area contributed by atoms with Gasteiger partial charge in [-0.1, -0.05) is 36.4 Å². The summed E-state index contributed by atoms with van der Waals surface area (Å²) in [6.45, 7) is 0.512. The summed E-state index contributed by atoms with van der Waals surface area (Å²) in [6.07, 6.45) is 3.22. The van der Waals surface area contributed by atoms with Gasteiger partial charge in [0.2, 0.25) is 5.91 Å². The Morgan fingerprint density at radius 3 is 2.45 bits per heavy atom. The Bertz CT molecular complexity index is 618. The van der Waals surface area contributed by atoms with E-state index in [-0.39, 0.29) is 5.91 Å². The van der Waals surface area contributed by atoms with Crippen LogP contribution in [0, 0.1) is 0 Å². The number of benzene rings is 2. The first-order chi connectivity index (χ1) is 9.69. The zero-order chi connectivity index (χ0) is 14.4. The molecule has 2 aromatic rings. The predicted octanol–water partition coefficient (Wildman–Crippen LogP) is 2.38. The van der Waals surface area contributed by atoms with Gasteiger partial charge in [0.1, 0.15) is 0 Å². The van der Waals surface area contributed by atoms with Crippen LogP contribution in [0.2, 0.25) is 0 Å². The Kier molecular flexibility index (Phi) is 4.52. The molecule has 0 saturated carbocycles. The molecule has 0 aliphatic rings. The third kappa shape index (κ3) is 3.70. The van der Waals surface area contributed by atoms with Gasteiger partial charge in [0.15, 0.2) is 0 Å². The Morgan fingerprint density at radius 1 is 1.10 bits per heavy atom. The maximum Gasteiger partial charge on any atom is 0.248 e. The van der Waals surface area contributed by atoms with Crippen molar-refractivity contribution in [3.63, 3.8) is 0 Å². The number of carbonyl (C=O) groups excluding carboxylic acids is 1. The Labute approximate surface area is 118 Å². The van der Waals surface area contributed by atoms with Crippen LogP contribution in [0.15, 0.2) is 54.6 Å². The van der Waals surface area contributed by atoms with Crippen molar-refractivity contribution in [2.45, 2.75) is 6.54 Å². The SMILES string of the molecule is NCc1ccc(/C=C/C(=O)Nc2ccccc2N)cc1. The van der Waals surface area contributed by atoms with Gasteiger partial charge in [0, 0.05) is 12.6 Å². The predicted molar refractivity (Wildman–Crippen MR) is 82.9 cm³/mol. The van der Waals surface area contributed by atoms with Crippen molar-refractivity contribution in [1.82, 2.24) is 0 Å². The summed E-state index contributed by atoms with van der Waals surface area (Å²) in [5.41, 5.74) is 14.4. The van der Waals surface area contributed by atoms with Crippen LogP contribution in [0.4, 0.5) is 11.4 Å². The molecule has 4 nitrogen and oxygen atoms in total. The van der Waals surface area contributed by atoms with Crippen LogP contribution < -0.4 is 16.8 Å². The minimum absolute atomic E-state index is 0.217. The fourth-order valence-corrected chi connectivity index (χ4v) is 1.72. The Morgan fingerprint density at radius 2 is 1.80 bits per heavy atom. The summed E-state index contributed by atoms with van der Waals surface area (Å²) in [5, 5.41) is 2.73. The second kappa shape index (κ2) is 6.54. The summed E-state index contributed by atoms with van der Waals surface area (Å²) in [4.78, 5) is 11.8. The number of nitrogens with one attached hydrogen (secondary N) is 1. The molecule has 2 aromatic carbocycles. The highest BCUT2D eigenvalue weighted by atomic mass is 16.1. The third-order valence-electron chi connectivity index (χ3n) is 2.86. The van der Waals surface area contributed by atoms with Gasteiger partial charge in [-0.2, -0.15) is 0 Å². The molecule has 0 unspecified atom stereocenters. The first-order valence-electron chi connectivity index (χ1n) is 6.31. The van der Waals surface area contributed by atoms with Crippen molar-refractivity contribution in [3.8, 4) is 0 Å². The molecule has 0 radical (unpaired) electrons. The second-order valence-corrected chi connectivity index (χ2v) is 4.36. The number of nitrogens with two attached hydrogens (primary N) is 2. The molecule has 1 amide bonds. The molecule has 20 heavy (non-hydrogen) atoms. The van der Waals surface area contributed by atoms with E-state index in [1.165, 1.54) is 6.08 Å². The first-order valence-corrected chi connectivity index (χ1v) is 6.31. The van der Waals surface area contributed by atoms with E-state index in [0.717, 1.165) is 11.1 Å². The molecule has 0 atom stereocenters. The van der Waals surface area contributed by atoms with Gasteiger partial charge < -0.3 is 16.8 Å². The van der Waals surface area contributed by atoms with Gasteiger partial charge in [-0.25, -0.2) is 0 Å². The van der Waals surface area contributed by atoms with Gasteiger partial charge in [-0.05, 0) is 29.3 Å². The van der Waals surface area contributed by atoms with E-state index in [0.29, 0.717) is 17.9 Å². The molecule has 0 aliphatic carbocycles. The van der Waals surface area contributed by atoms with E-state index in [1.807, 2.05) is 36.4 Å². The highest BCUT2D eigenvalue weighted by Gasteiger charge is 2.00. The van der Waals surface area contributed by atoms with E-state index in [9.17, 15) is 4.79 Å². The summed E-state index contributed by atoms with van der Waals surface area (Å²) < 4.78 is 0. The molecule has 0 fully saturated rings. The van der Waals surface area contributed by atoms with E-state index in [1.54, 1.807) is 18.2 Å². The van der Waals surface area contributed by atoms with Crippen LogP contribution >= 0.6 is 0 Å². The summed E-state index contributed by atoms with van der Waals surface area (Å²) >= 11 is 0. The molecule has 2 rings (SSSR count). The lowest BCUT2D eigenvalue weighted by Crippen LogP contribution is -2.09. The zero-order valence-corrected chi connectivity index (χ0v) is 11.0. The Hall–Kier alpha value is -2.59. The van der Waals surface area contributed by atoms with Crippen LogP contribution in [-0.2, 0) is 11.3 Å². The van der Waals surface area contributed by atoms with E-state index in [2.05, 4.69) is 5.32 Å². The summed E-state index contributed by atoms with van der Waals surface area (Å²) in [7, 11) is 0. The number of anilines is 2. The molecule has 0 spiro atoms. The molecular formula is C16H17N3O. The Balaban J connectivity index is 2.00. The summed E-state index contributed by atoms with van der Waals surface area (Å²) in [6, 6.07) is 14.9. The monoisotopic (exact) mass is 267 g/mol. The lowest BCUT2D eigenvalue weighted by atomic mass is 10.1. The normalized spacial score (nSPS) is 10.7. The molecule has 5 N–H and O–H groups in total. The van der Waals surface area contributed by atoms with E-state index < -0.39 is 0 Å². The van der Waals surface area contributed by atoms with Crippen molar-refractivity contribution >= 4 is 23.4 Å². The highest BCUT2D eigenvalue weighted by Crippen LogP contribution is 2.16. The molecule has 0 aromatic heterocycles. The first kappa shape index (κ1) is 13.8. The van der Waals surface area contributed by atoms with Crippen molar-refractivity contribution in [2.75, 3.05) is 11.1 Å². The number of carbonyl (C=O) groups is 1. The smallest absolute Gasteiger partial charge is 0.248 e. The van der Waals surface area contributed by atoms with Gasteiger partial charge in [-0.15, -0.1) is 0 Å². The lowest BCUT2D eigenvalue weighted by molar-refractivity contribution is -0.111.